The number of hydroxylamine groups is 2. The van der Waals surface area contributed by atoms with Crippen molar-refractivity contribution < 1.29 is 41.0 Å². The highest BCUT2D eigenvalue weighted by atomic mass is 35.5. The molecule has 14 nitrogen and oxygen atoms in total. The molecule has 19 heteroatoms. The average molecular weight is 788 g/mol. The van der Waals surface area contributed by atoms with Crippen molar-refractivity contribution in [3.8, 4) is 22.9 Å². The number of hydrogen-bond donors (Lipinski definition) is 2. The summed E-state index contributed by atoms with van der Waals surface area (Å²) < 4.78 is 68.9. The van der Waals surface area contributed by atoms with Crippen molar-refractivity contribution in [1.82, 2.24) is 19.4 Å². The van der Waals surface area contributed by atoms with Gasteiger partial charge in [-0.2, -0.15) is 13.5 Å². The van der Waals surface area contributed by atoms with Gasteiger partial charge in [0.25, 0.3) is 0 Å². The van der Waals surface area contributed by atoms with Crippen LogP contribution in [0.5, 0.6) is 17.2 Å². The van der Waals surface area contributed by atoms with Gasteiger partial charge in [0.15, 0.2) is 0 Å². The topological polar surface area (TPSA) is 155 Å². The lowest BCUT2D eigenvalue weighted by Gasteiger charge is -2.43. The number of amides is 2. The van der Waals surface area contributed by atoms with E-state index < -0.39 is 28.0 Å². The SMILES string of the molecule is CON(C)C(=O)Nc1ccc(Oc2ccc3c(c2)OC(C)(OC)CC3(C)C)cc1.Cc1nn(-c2cc(NS(C)(=O)=O)c(Cl)cc2Cl)c(=O)n1C(F)F. The monoisotopic (exact) mass is 786 g/mol. The van der Waals surface area contributed by atoms with Crippen LogP contribution in [0, 0.1) is 6.92 Å². The smallest absolute Gasteiger partial charge is 0.355 e. The third-order valence-corrected chi connectivity index (χ3v) is 9.05. The van der Waals surface area contributed by atoms with Crippen LogP contribution in [0.15, 0.2) is 59.4 Å². The maximum Gasteiger partial charge on any atom is 0.355 e. The van der Waals surface area contributed by atoms with Crippen molar-refractivity contribution in [3.63, 3.8) is 0 Å². The molecule has 2 N–H and O–H groups in total. The maximum absolute atomic E-state index is 12.8. The van der Waals surface area contributed by atoms with Crippen LogP contribution in [0.1, 0.15) is 45.1 Å². The van der Waals surface area contributed by atoms with Gasteiger partial charge in [0, 0.05) is 44.8 Å². The number of nitrogens with one attached hydrogen (secondary N) is 2. The van der Waals surface area contributed by atoms with E-state index in [0.717, 1.165) is 35.1 Å². The van der Waals surface area contributed by atoms with Gasteiger partial charge in [0.1, 0.15) is 23.1 Å². The summed E-state index contributed by atoms with van der Waals surface area (Å²) in [5.74, 6) is 1.16. The normalized spacial score (nSPS) is 16.2. The molecule has 5 rings (SSSR count). The summed E-state index contributed by atoms with van der Waals surface area (Å²) in [7, 11) is 0.965. The molecule has 1 unspecified atom stereocenters. The van der Waals surface area contributed by atoms with Gasteiger partial charge in [0.05, 0.1) is 34.8 Å². The summed E-state index contributed by atoms with van der Waals surface area (Å²) in [4.78, 5) is 28.7. The number of aromatic nitrogens is 3. The van der Waals surface area contributed by atoms with Gasteiger partial charge in [-0.05, 0) is 54.8 Å². The minimum atomic E-state index is -3.65. The minimum absolute atomic E-state index is 0.0257. The van der Waals surface area contributed by atoms with E-state index in [9.17, 15) is 26.8 Å². The van der Waals surface area contributed by atoms with Crippen LogP contribution in [0.2, 0.25) is 10.0 Å². The maximum atomic E-state index is 12.8. The van der Waals surface area contributed by atoms with Crippen molar-refractivity contribution in [2.24, 2.45) is 0 Å². The molecule has 4 aromatic rings. The third kappa shape index (κ3) is 9.51. The van der Waals surface area contributed by atoms with Crippen LogP contribution < -0.4 is 25.2 Å². The molecule has 3 aromatic carbocycles. The number of hydrogen-bond acceptors (Lipinski definition) is 9. The van der Waals surface area contributed by atoms with Crippen molar-refractivity contribution >= 4 is 50.6 Å². The second-order valence-corrected chi connectivity index (χ2v) is 15.0. The molecule has 1 atom stereocenters. The number of methoxy groups -OCH3 is 1. The summed E-state index contributed by atoms with van der Waals surface area (Å²) >= 11 is 11.8. The molecule has 1 aromatic heterocycles. The molecule has 282 valence electrons. The van der Waals surface area contributed by atoms with Gasteiger partial charge in [0.2, 0.25) is 15.8 Å². The lowest BCUT2D eigenvalue weighted by molar-refractivity contribution is -0.172. The van der Waals surface area contributed by atoms with Crippen molar-refractivity contribution in [1.29, 1.82) is 0 Å². The van der Waals surface area contributed by atoms with Crippen molar-refractivity contribution in [3.05, 3.63) is 86.5 Å². The van der Waals surface area contributed by atoms with Gasteiger partial charge >= 0.3 is 18.3 Å². The summed E-state index contributed by atoms with van der Waals surface area (Å²) in [6.45, 7) is 4.46. The highest BCUT2D eigenvalue weighted by Gasteiger charge is 2.42. The lowest BCUT2D eigenvalue weighted by atomic mass is 9.76. The van der Waals surface area contributed by atoms with Crippen LogP contribution in [-0.4, -0.2) is 67.2 Å². The van der Waals surface area contributed by atoms with E-state index >= 15 is 0 Å². The first-order chi connectivity index (χ1) is 24.2. The van der Waals surface area contributed by atoms with E-state index in [1.807, 2.05) is 25.1 Å². The fourth-order valence-corrected chi connectivity index (χ4v) is 6.49. The first-order valence-corrected chi connectivity index (χ1v) is 18.0. The predicted molar refractivity (Wildman–Crippen MR) is 193 cm³/mol. The molecule has 0 radical (unpaired) electrons. The second-order valence-electron chi connectivity index (χ2n) is 12.4. The predicted octanol–water partition coefficient (Wildman–Crippen LogP) is 7.34. The Labute approximate surface area is 309 Å². The van der Waals surface area contributed by atoms with Gasteiger partial charge in [-0.15, -0.1) is 5.10 Å². The zero-order chi connectivity index (χ0) is 38.8. The number of sulfonamides is 1. The average Bonchev–Trinajstić information content (AvgIpc) is 3.35. The fourth-order valence-electron chi connectivity index (χ4n) is 5.35. The van der Waals surface area contributed by atoms with Crippen LogP contribution >= 0.6 is 23.2 Å². The van der Waals surface area contributed by atoms with Gasteiger partial charge in [-0.25, -0.2) is 27.6 Å². The molecule has 1 aliphatic heterocycles. The van der Waals surface area contributed by atoms with E-state index in [-0.39, 0.29) is 43.3 Å². The van der Waals surface area contributed by atoms with E-state index in [4.69, 9.17) is 42.3 Å². The molecule has 1 aliphatic rings. The number of urea groups is 1. The number of rotatable bonds is 9. The Morgan fingerprint density at radius 3 is 2.23 bits per heavy atom. The zero-order valence-corrected chi connectivity index (χ0v) is 31.8. The molecule has 0 bridgehead atoms. The number of carbonyl (C=O) groups is 1. The quantitative estimate of drug-likeness (QED) is 0.166. The highest BCUT2D eigenvalue weighted by molar-refractivity contribution is 7.92. The fraction of sp³-hybridized carbons (Fsp3) is 0.364. The lowest BCUT2D eigenvalue weighted by Crippen LogP contribution is -2.45. The Bertz CT molecular complexity index is 2110. The number of carbonyl (C=O) groups excluding carboxylic acids is 1. The molecule has 2 heterocycles. The zero-order valence-electron chi connectivity index (χ0n) is 29.5. The van der Waals surface area contributed by atoms with Gasteiger partial charge < -0.3 is 19.5 Å². The summed E-state index contributed by atoms with van der Waals surface area (Å²) in [6.07, 6.45) is 1.66. The largest absolute Gasteiger partial charge is 0.462 e. The van der Waals surface area contributed by atoms with Crippen LogP contribution in [-0.2, 0) is 25.0 Å². The Kier molecular flexibility index (Phi) is 12.2. The number of fused-ring (bicyclic) bond motifs is 1. The first-order valence-electron chi connectivity index (χ1n) is 15.4. The molecule has 52 heavy (non-hydrogen) atoms. The molecule has 0 fully saturated rings. The van der Waals surface area contributed by atoms with Gasteiger partial charge in [-0.1, -0.05) is 43.1 Å². The number of nitrogens with zero attached hydrogens (tertiary/aromatic N) is 4. The Balaban J connectivity index is 0.000000239. The van der Waals surface area contributed by atoms with E-state index in [2.05, 4.69) is 29.0 Å². The number of anilines is 2. The van der Waals surface area contributed by atoms with Gasteiger partial charge in [-0.3, -0.25) is 9.56 Å². The Morgan fingerprint density at radius 2 is 1.67 bits per heavy atom. The van der Waals surface area contributed by atoms with Crippen molar-refractivity contribution in [2.45, 2.75) is 51.9 Å². The number of halogens is 4. The Hall–Kier alpha value is -4.42. The molecular formula is C33H38Cl2F2N6O8S. The summed E-state index contributed by atoms with van der Waals surface area (Å²) in [6, 6.07) is 14.9. The van der Waals surface area contributed by atoms with E-state index in [1.54, 1.807) is 31.4 Å². The van der Waals surface area contributed by atoms with Crippen LogP contribution in [0.3, 0.4) is 0 Å². The molecule has 0 aliphatic carbocycles. The molecule has 0 saturated heterocycles. The van der Waals surface area contributed by atoms with E-state index in [0.29, 0.717) is 21.9 Å². The first kappa shape index (κ1) is 40.4. The standard InChI is InChI=1S/C22H28N2O5.C11H10Cl2F2N4O3S/c1-21(2)14-22(3,26-5)29-19-13-17(11-12-18(19)21)28-16-9-7-15(8-10-16)23-20(25)24(4)27-6;1-5-16-19(11(20)18(5)10(14)15)9-4-8(17-23(2,21)22)6(12)3-7(9)13/h7-13H,14H2,1-6H3,(H,23,25);3-4,10,17H,1-2H3. The highest BCUT2D eigenvalue weighted by Crippen LogP contribution is 2.46. The van der Waals surface area contributed by atoms with Crippen molar-refractivity contribution in [2.75, 3.05) is 37.6 Å². The number of alkyl halides is 2. The number of ether oxygens (including phenoxy) is 3. The Morgan fingerprint density at radius 1 is 1.04 bits per heavy atom. The van der Waals surface area contributed by atoms with Crippen LogP contribution in [0.4, 0.5) is 25.0 Å². The van der Waals surface area contributed by atoms with E-state index in [1.165, 1.54) is 27.1 Å². The molecule has 2 amide bonds. The number of benzene rings is 3. The third-order valence-electron chi connectivity index (χ3n) is 7.84. The van der Waals surface area contributed by atoms with Crippen LogP contribution in [0.25, 0.3) is 5.69 Å². The molecule has 0 spiro atoms. The summed E-state index contributed by atoms with van der Waals surface area (Å²) in [5.41, 5.74) is 0.412. The minimum Gasteiger partial charge on any atom is -0.462 e. The molecular weight excluding hydrogens is 749 g/mol. The second kappa shape index (κ2) is 15.7. The molecule has 0 saturated carbocycles. The summed E-state index contributed by atoms with van der Waals surface area (Å²) in [5, 5.41) is 7.45. The number of aryl methyl sites for hydroxylation is 1.